The van der Waals surface area contributed by atoms with Crippen LogP contribution in [0.1, 0.15) is 60.1 Å². The van der Waals surface area contributed by atoms with E-state index >= 15 is 0 Å². The van der Waals surface area contributed by atoms with Crippen LogP contribution < -0.4 is 10.1 Å². The van der Waals surface area contributed by atoms with Crippen LogP contribution in [0.15, 0.2) is 24.3 Å². The smallest absolute Gasteiger partial charge is 0.123 e. The molecule has 0 saturated heterocycles. The van der Waals surface area contributed by atoms with E-state index in [0.717, 1.165) is 18.8 Å². The molecule has 3 nitrogen and oxygen atoms in total. The Morgan fingerprint density at radius 3 is 2.23 bits per heavy atom. The Morgan fingerprint density at radius 2 is 1.73 bits per heavy atom. The van der Waals surface area contributed by atoms with Crippen molar-refractivity contribution in [1.82, 2.24) is 10.2 Å². The third-order valence-electron chi connectivity index (χ3n) is 3.85. The Balaban J connectivity index is 2.91. The van der Waals surface area contributed by atoms with Gasteiger partial charge in [0.1, 0.15) is 5.75 Å². The number of para-hydroxylation sites is 1. The topological polar surface area (TPSA) is 24.5 Å². The number of ether oxygens (including phenoxy) is 1. The summed E-state index contributed by atoms with van der Waals surface area (Å²) in [6.45, 7) is 17.7. The summed E-state index contributed by atoms with van der Waals surface area (Å²) in [6, 6.07) is 8.63. The van der Waals surface area contributed by atoms with Gasteiger partial charge in [0.15, 0.2) is 0 Å². The molecule has 0 amide bonds. The Bertz CT molecular complexity index is 463. The highest BCUT2D eigenvalue weighted by Gasteiger charge is 2.28. The highest BCUT2D eigenvalue weighted by molar-refractivity contribution is 5.35. The zero-order valence-electron chi connectivity index (χ0n) is 15.7. The van der Waals surface area contributed by atoms with Crippen molar-refractivity contribution in [2.24, 2.45) is 0 Å². The number of hydrogen-bond donors (Lipinski definition) is 1. The summed E-state index contributed by atoms with van der Waals surface area (Å²) in [6.07, 6.45) is 0. The van der Waals surface area contributed by atoms with Gasteiger partial charge in [0.2, 0.25) is 0 Å². The maximum absolute atomic E-state index is 5.53. The minimum atomic E-state index is 0.0462. The van der Waals surface area contributed by atoms with Crippen molar-refractivity contribution in [3.8, 4) is 5.75 Å². The molecule has 1 aromatic carbocycles. The standard InChI is InChI=1S/C19H34N2O/c1-9-21(14-19(6,7)20-18(3,4)5)15(2)16-12-10-11-13-17(16)22-8/h10-13,15,20H,9,14H2,1-8H3/t15-/m0/s1. The van der Waals surface area contributed by atoms with E-state index in [0.29, 0.717) is 6.04 Å². The summed E-state index contributed by atoms with van der Waals surface area (Å²) in [7, 11) is 1.74. The SMILES string of the molecule is CCN(CC(C)(C)NC(C)(C)C)[C@@H](C)c1ccccc1OC. The van der Waals surface area contributed by atoms with Crippen LogP contribution in [0.5, 0.6) is 5.75 Å². The lowest BCUT2D eigenvalue weighted by atomic mass is 9.96. The second-order valence-electron chi connectivity index (χ2n) is 7.74. The molecule has 0 saturated carbocycles. The molecule has 0 heterocycles. The van der Waals surface area contributed by atoms with E-state index in [1.807, 2.05) is 12.1 Å². The first kappa shape index (κ1) is 19.0. The Kier molecular flexibility index (Phi) is 6.45. The van der Waals surface area contributed by atoms with Crippen molar-refractivity contribution in [2.75, 3.05) is 20.2 Å². The van der Waals surface area contributed by atoms with Crippen LogP contribution in [0, 0.1) is 0 Å². The van der Waals surface area contributed by atoms with Crippen LogP contribution in [0.4, 0.5) is 0 Å². The Labute approximate surface area is 137 Å². The van der Waals surface area contributed by atoms with Gasteiger partial charge in [0.25, 0.3) is 0 Å². The molecule has 0 bridgehead atoms. The predicted molar refractivity (Wildman–Crippen MR) is 95.6 cm³/mol. The molecular weight excluding hydrogens is 272 g/mol. The van der Waals surface area contributed by atoms with Crippen LogP contribution in [0.3, 0.4) is 0 Å². The van der Waals surface area contributed by atoms with Gasteiger partial charge < -0.3 is 10.1 Å². The molecule has 0 radical (unpaired) electrons. The normalized spacial score (nSPS) is 14.2. The number of benzene rings is 1. The monoisotopic (exact) mass is 306 g/mol. The van der Waals surface area contributed by atoms with Crippen molar-refractivity contribution in [3.05, 3.63) is 29.8 Å². The zero-order chi connectivity index (χ0) is 17.0. The first-order chi connectivity index (χ1) is 10.1. The van der Waals surface area contributed by atoms with Crippen LogP contribution in [0.25, 0.3) is 0 Å². The van der Waals surface area contributed by atoms with Gasteiger partial charge in [0, 0.05) is 29.2 Å². The van der Waals surface area contributed by atoms with Gasteiger partial charge >= 0.3 is 0 Å². The summed E-state index contributed by atoms with van der Waals surface area (Å²) < 4.78 is 5.53. The predicted octanol–water partition coefficient (Wildman–Crippen LogP) is 4.24. The molecule has 126 valence electrons. The van der Waals surface area contributed by atoms with Crippen LogP contribution in [-0.4, -0.2) is 36.2 Å². The molecule has 3 heteroatoms. The van der Waals surface area contributed by atoms with Gasteiger partial charge in [-0.25, -0.2) is 0 Å². The van der Waals surface area contributed by atoms with Crippen molar-refractivity contribution < 1.29 is 4.74 Å². The molecule has 1 atom stereocenters. The van der Waals surface area contributed by atoms with E-state index in [1.54, 1.807) is 7.11 Å². The molecule has 1 rings (SSSR count). The second kappa shape index (κ2) is 7.47. The van der Waals surface area contributed by atoms with Gasteiger partial charge in [0.05, 0.1) is 7.11 Å². The number of likely N-dealkylation sites (N-methyl/N-ethyl adjacent to an activating group) is 1. The molecule has 0 unspecified atom stereocenters. The van der Waals surface area contributed by atoms with Gasteiger partial charge in [-0.2, -0.15) is 0 Å². The van der Waals surface area contributed by atoms with Crippen LogP contribution in [0.2, 0.25) is 0 Å². The van der Waals surface area contributed by atoms with E-state index in [-0.39, 0.29) is 11.1 Å². The average molecular weight is 306 g/mol. The maximum Gasteiger partial charge on any atom is 0.123 e. The van der Waals surface area contributed by atoms with E-state index in [2.05, 4.69) is 70.8 Å². The van der Waals surface area contributed by atoms with Crippen molar-refractivity contribution in [3.63, 3.8) is 0 Å². The quantitative estimate of drug-likeness (QED) is 0.815. The summed E-state index contributed by atoms with van der Waals surface area (Å²) in [4.78, 5) is 2.50. The minimum Gasteiger partial charge on any atom is -0.496 e. The maximum atomic E-state index is 5.53. The summed E-state index contributed by atoms with van der Waals surface area (Å²) in [5.74, 6) is 0.968. The molecule has 0 spiro atoms. The number of methoxy groups -OCH3 is 1. The van der Waals surface area contributed by atoms with Gasteiger partial charge in [-0.3, -0.25) is 4.90 Å². The molecule has 0 fully saturated rings. The molecular formula is C19H34N2O. The first-order valence-corrected chi connectivity index (χ1v) is 8.26. The van der Waals surface area contributed by atoms with Gasteiger partial charge in [-0.05, 0) is 54.2 Å². The van der Waals surface area contributed by atoms with E-state index in [9.17, 15) is 0 Å². The molecule has 1 aromatic rings. The summed E-state index contributed by atoms with van der Waals surface area (Å²) in [5, 5.41) is 3.72. The van der Waals surface area contributed by atoms with Crippen molar-refractivity contribution in [2.45, 2.75) is 65.6 Å². The number of nitrogens with one attached hydrogen (secondary N) is 1. The highest BCUT2D eigenvalue weighted by atomic mass is 16.5. The third-order valence-corrected chi connectivity index (χ3v) is 3.85. The fourth-order valence-corrected chi connectivity index (χ4v) is 3.29. The lowest BCUT2D eigenvalue weighted by Gasteiger charge is -2.40. The largest absolute Gasteiger partial charge is 0.496 e. The second-order valence-corrected chi connectivity index (χ2v) is 7.74. The lowest BCUT2D eigenvalue weighted by molar-refractivity contribution is 0.143. The third kappa shape index (κ3) is 5.62. The van der Waals surface area contributed by atoms with Crippen LogP contribution >= 0.6 is 0 Å². The zero-order valence-corrected chi connectivity index (χ0v) is 15.7. The summed E-state index contributed by atoms with van der Waals surface area (Å²) in [5.41, 5.74) is 1.40. The first-order valence-electron chi connectivity index (χ1n) is 8.26. The number of hydrogen-bond acceptors (Lipinski definition) is 3. The fraction of sp³-hybridized carbons (Fsp3) is 0.684. The molecule has 0 aliphatic rings. The van der Waals surface area contributed by atoms with Gasteiger partial charge in [-0.15, -0.1) is 0 Å². The molecule has 0 aromatic heterocycles. The Morgan fingerprint density at radius 1 is 1.14 bits per heavy atom. The molecule has 1 N–H and O–H groups in total. The molecule has 0 aliphatic heterocycles. The Hall–Kier alpha value is -1.06. The van der Waals surface area contributed by atoms with Crippen molar-refractivity contribution >= 4 is 0 Å². The molecule has 22 heavy (non-hydrogen) atoms. The highest BCUT2D eigenvalue weighted by Crippen LogP contribution is 2.29. The number of rotatable bonds is 7. The van der Waals surface area contributed by atoms with E-state index < -0.39 is 0 Å². The lowest BCUT2D eigenvalue weighted by Crippen LogP contribution is -2.56. The minimum absolute atomic E-state index is 0.0462. The van der Waals surface area contributed by atoms with Crippen LogP contribution in [-0.2, 0) is 0 Å². The fourth-order valence-electron chi connectivity index (χ4n) is 3.29. The van der Waals surface area contributed by atoms with E-state index in [1.165, 1.54) is 5.56 Å². The van der Waals surface area contributed by atoms with E-state index in [4.69, 9.17) is 4.74 Å². The average Bonchev–Trinajstić information content (AvgIpc) is 2.41. The van der Waals surface area contributed by atoms with Crippen molar-refractivity contribution in [1.29, 1.82) is 0 Å². The molecule has 0 aliphatic carbocycles. The number of nitrogens with zero attached hydrogens (tertiary/aromatic N) is 1. The van der Waals surface area contributed by atoms with Gasteiger partial charge in [-0.1, -0.05) is 25.1 Å². The summed E-state index contributed by atoms with van der Waals surface area (Å²) >= 11 is 0.